The molecule has 1 heterocycles. The highest BCUT2D eigenvalue weighted by Gasteiger charge is 2.27. The van der Waals surface area contributed by atoms with Gasteiger partial charge in [-0.3, -0.25) is 0 Å². The first kappa shape index (κ1) is 19.2. The van der Waals surface area contributed by atoms with Gasteiger partial charge in [0.25, 0.3) is 0 Å². The minimum absolute atomic E-state index is 0.161. The monoisotopic (exact) mass is 370 g/mol. The molecule has 0 unspecified atom stereocenters. The Morgan fingerprint density at radius 1 is 1.11 bits per heavy atom. The van der Waals surface area contributed by atoms with E-state index in [2.05, 4.69) is 34.5 Å². The second-order valence-corrected chi connectivity index (χ2v) is 6.89. The highest BCUT2D eigenvalue weighted by Crippen LogP contribution is 2.16. The average Bonchev–Trinajstić information content (AvgIpc) is 2.70. The van der Waals surface area contributed by atoms with E-state index in [1.165, 1.54) is 10.5 Å². The van der Waals surface area contributed by atoms with Crippen LogP contribution < -0.4 is 19.9 Å². The van der Waals surface area contributed by atoms with Crippen LogP contribution in [0.2, 0.25) is 0 Å². The van der Waals surface area contributed by atoms with Crippen LogP contribution in [0.5, 0.6) is 5.75 Å². The van der Waals surface area contributed by atoms with Gasteiger partial charge < -0.3 is 24.6 Å². The highest BCUT2D eigenvalue weighted by molar-refractivity contribution is 5.70. The van der Waals surface area contributed by atoms with Crippen molar-refractivity contribution >= 4 is 11.8 Å². The first-order valence-electron chi connectivity index (χ1n) is 9.34. The van der Waals surface area contributed by atoms with Crippen LogP contribution in [-0.2, 0) is 4.74 Å². The van der Waals surface area contributed by atoms with E-state index in [-0.39, 0.29) is 6.04 Å². The molecule has 0 spiro atoms. The third-order valence-corrected chi connectivity index (χ3v) is 4.84. The number of anilines is 1. The molecule has 2 N–H and O–H groups in total. The van der Waals surface area contributed by atoms with Crippen molar-refractivity contribution in [2.24, 2.45) is 0 Å². The number of carbonyl (C=O) groups is 1. The molecule has 0 radical (unpaired) electrons. The second-order valence-electron chi connectivity index (χ2n) is 6.89. The first-order chi connectivity index (χ1) is 13.1. The summed E-state index contributed by atoms with van der Waals surface area (Å²) in [6.07, 6.45) is -0.427. The number of amides is 1. The SMILES string of the molecule is CN(C)c1ccc([C@H](CNC(=O)Oc2ccccc2)[NH+]2CCOCC2)cc1. The number of nitrogens with one attached hydrogen (secondary N) is 2. The average molecular weight is 370 g/mol. The Labute approximate surface area is 160 Å². The number of quaternary nitrogens is 1. The minimum atomic E-state index is -0.427. The van der Waals surface area contributed by atoms with Crippen LogP contribution >= 0.6 is 0 Å². The molecule has 0 aromatic heterocycles. The molecule has 0 aliphatic carbocycles. The topological polar surface area (TPSA) is 55.2 Å². The smallest absolute Gasteiger partial charge is 0.410 e. The van der Waals surface area contributed by atoms with Crippen molar-refractivity contribution in [2.45, 2.75) is 6.04 Å². The summed E-state index contributed by atoms with van der Waals surface area (Å²) < 4.78 is 10.8. The molecule has 1 aliphatic rings. The lowest BCUT2D eigenvalue weighted by Crippen LogP contribution is -3.15. The molecule has 1 saturated heterocycles. The quantitative estimate of drug-likeness (QED) is 0.809. The number of rotatable bonds is 6. The third kappa shape index (κ3) is 5.45. The summed E-state index contributed by atoms with van der Waals surface area (Å²) in [6, 6.07) is 17.8. The van der Waals surface area contributed by atoms with Crippen molar-refractivity contribution in [3.8, 4) is 5.75 Å². The summed E-state index contributed by atoms with van der Waals surface area (Å²) in [6.45, 7) is 3.86. The number of hydrogen-bond acceptors (Lipinski definition) is 4. The number of carbonyl (C=O) groups excluding carboxylic acids is 1. The molecular weight excluding hydrogens is 342 g/mol. The largest absolute Gasteiger partial charge is 0.412 e. The van der Waals surface area contributed by atoms with E-state index in [1.807, 2.05) is 32.3 Å². The lowest BCUT2D eigenvalue weighted by atomic mass is 10.0. The fourth-order valence-corrected chi connectivity index (χ4v) is 3.30. The molecule has 144 valence electrons. The normalized spacial score (nSPS) is 15.8. The van der Waals surface area contributed by atoms with E-state index in [4.69, 9.17) is 9.47 Å². The summed E-state index contributed by atoms with van der Waals surface area (Å²) in [5, 5.41) is 2.93. The Bertz CT molecular complexity index is 713. The standard InChI is InChI=1S/C21H27N3O3/c1-23(2)18-10-8-17(9-11-18)20(24-12-14-26-15-13-24)16-22-21(25)27-19-6-4-3-5-7-19/h3-11,20H,12-16H2,1-2H3,(H,22,25)/p+1/t20-/m0/s1. The summed E-state index contributed by atoms with van der Waals surface area (Å²) in [5.41, 5.74) is 2.36. The van der Waals surface area contributed by atoms with E-state index >= 15 is 0 Å². The van der Waals surface area contributed by atoms with Crippen LogP contribution in [0.3, 0.4) is 0 Å². The summed E-state index contributed by atoms with van der Waals surface area (Å²) in [4.78, 5) is 15.7. The van der Waals surface area contributed by atoms with Gasteiger partial charge in [-0.15, -0.1) is 0 Å². The maximum Gasteiger partial charge on any atom is 0.412 e. The van der Waals surface area contributed by atoms with Gasteiger partial charge in [-0.2, -0.15) is 0 Å². The molecule has 6 nitrogen and oxygen atoms in total. The molecule has 0 bridgehead atoms. The Morgan fingerprint density at radius 3 is 2.41 bits per heavy atom. The van der Waals surface area contributed by atoms with Gasteiger partial charge in [-0.1, -0.05) is 30.3 Å². The predicted octanol–water partition coefficient (Wildman–Crippen LogP) is 1.50. The van der Waals surface area contributed by atoms with Crippen LogP contribution in [0.15, 0.2) is 54.6 Å². The van der Waals surface area contributed by atoms with E-state index in [1.54, 1.807) is 12.1 Å². The third-order valence-electron chi connectivity index (χ3n) is 4.84. The van der Waals surface area contributed by atoms with Gasteiger partial charge in [-0.25, -0.2) is 4.79 Å². The van der Waals surface area contributed by atoms with E-state index in [9.17, 15) is 4.79 Å². The van der Waals surface area contributed by atoms with Crippen molar-refractivity contribution in [3.63, 3.8) is 0 Å². The van der Waals surface area contributed by atoms with Crippen molar-refractivity contribution in [2.75, 3.05) is 51.8 Å². The fraction of sp³-hybridized carbons (Fsp3) is 0.381. The van der Waals surface area contributed by atoms with Crippen molar-refractivity contribution in [1.29, 1.82) is 0 Å². The lowest BCUT2D eigenvalue weighted by molar-refractivity contribution is -0.937. The molecule has 2 aromatic carbocycles. The Hall–Kier alpha value is -2.57. The van der Waals surface area contributed by atoms with Gasteiger partial charge in [0.15, 0.2) is 0 Å². The fourth-order valence-electron chi connectivity index (χ4n) is 3.30. The molecular formula is C21H28N3O3+. The molecule has 3 rings (SSSR count). The molecule has 27 heavy (non-hydrogen) atoms. The molecule has 6 heteroatoms. The van der Waals surface area contributed by atoms with Crippen LogP contribution in [0.25, 0.3) is 0 Å². The molecule has 1 atom stereocenters. The van der Waals surface area contributed by atoms with Gasteiger partial charge in [0, 0.05) is 25.3 Å². The maximum atomic E-state index is 12.2. The van der Waals surface area contributed by atoms with Crippen molar-refractivity contribution in [1.82, 2.24) is 5.32 Å². The van der Waals surface area contributed by atoms with Gasteiger partial charge in [0.2, 0.25) is 0 Å². The molecule has 1 fully saturated rings. The zero-order chi connectivity index (χ0) is 19.1. The van der Waals surface area contributed by atoms with Crippen molar-refractivity contribution < 1.29 is 19.2 Å². The molecule has 2 aromatic rings. The minimum Gasteiger partial charge on any atom is -0.410 e. The number of hydrogen-bond donors (Lipinski definition) is 2. The number of benzene rings is 2. The summed E-state index contributed by atoms with van der Waals surface area (Å²) >= 11 is 0. The lowest BCUT2D eigenvalue weighted by Gasteiger charge is -2.32. The van der Waals surface area contributed by atoms with E-state index < -0.39 is 6.09 Å². The van der Waals surface area contributed by atoms with Crippen LogP contribution in [0, 0.1) is 0 Å². The zero-order valence-corrected chi connectivity index (χ0v) is 16.0. The Kier molecular flexibility index (Phi) is 6.68. The van der Waals surface area contributed by atoms with Crippen molar-refractivity contribution in [3.05, 3.63) is 60.2 Å². The van der Waals surface area contributed by atoms with E-state index in [0.717, 1.165) is 32.0 Å². The summed E-state index contributed by atoms with van der Waals surface area (Å²) in [5.74, 6) is 0.542. The van der Waals surface area contributed by atoms with Gasteiger partial charge in [0.05, 0.1) is 19.8 Å². The highest BCUT2D eigenvalue weighted by atomic mass is 16.6. The Balaban J connectivity index is 1.67. The number of morpholine rings is 1. The number of ether oxygens (including phenoxy) is 2. The zero-order valence-electron chi connectivity index (χ0n) is 16.0. The Morgan fingerprint density at radius 2 is 1.78 bits per heavy atom. The first-order valence-corrected chi connectivity index (χ1v) is 9.34. The number of para-hydroxylation sites is 1. The second kappa shape index (κ2) is 9.39. The van der Waals surface area contributed by atoms with Gasteiger partial charge in [0.1, 0.15) is 24.9 Å². The van der Waals surface area contributed by atoms with Crippen LogP contribution in [-0.4, -0.2) is 53.0 Å². The number of nitrogens with zero attached hydrogens (tertiary/aromatic N) is 1. The van der Waals surface area contributed by atoms with Crippen LogP contribution in [0.1, 0.15) is 11.6 Å². The van der Waals surface area contributed by atoms with Gasteiger partial charge >= 0.3 is 6.09 Å². The molecule has 0 saturated carbocycles. The predicted molar refractivity (Wildman–Crippen MR) is 105 cm³/mol. The molecule has 1 aliphatic heterocycles. The van der Waals surface area contributed by atoms with Crippen LogP contribution in [0.4, 0.5) is 10.5 Å². The summed E-state index contributed by atoms with van der Waals surface area (Å²) in [7, 11) is 4.06. The maximum absolute atomic E-state index is 12.2. The van der Waals surface area contributed by atoms with Gasteiger partial charge in [-0.05, 0) is 24.3 Å². The van der Waals surface area contributed by atoms with E-state index in [0.29, 0.717) is 12.3 Å². The molecule has 1 amide bonds.